The van der Waals surface area contributed by atoms with Crippen molar-refractivity contribution in [2.24, 2.45) is 5.92 Å². The van der Waals surface area contributed by atoms with Crippen LogP contribution in [0.1, 0.15) is 31.3 Å². The number of hydrogen-bond donors (Lipinski definition) is 1. The van der Waals surface area contributed by atoms with Crippen LogP contribution in [0.3, 0.4) is 0 Å². The summed E-state index contributed by atoms with van der Waals surface area (Å²) >= 11 is 0. The van der Waals surface area contributed by atoms with Gasteiger partial charge >= 0.3 is 0 Å². The van der Waals surface area contributed by atoms with Gasteiger partial charge in [0, 0.05) is 31.1 Å². The van der Waals surface area contributed by atoms with Crippen LogP contribution in [0, 0.1) is 5.92 Å². The molecule has 1 aromatic rings. The number of aliphatic hydroxyl groups is 1. The van der Waals surface area contributed by atoms with Crippen molar-refractivity contribution < 1.29 is 28.3 Å². The van der Waals surface area contributed by atoms with Crippen LogP contribution in [0.2, 0.25) is 0 Å². The molecule has 4 nitrogen and oxygen atoms in total. The summed E-state index contributed by atoms with van der Waals surface area (Å²) < 4.78 is 93.4. The second kappa shape index (κ2) is 4.06. The number of piperidine rings is 1. The molecule has 1 spiro atoms. The number of ether oxygens (including phenoxy) is 2. The van der Waals surface area contributed by atoms with E-state index in [0.29, 0.717) is 0 Å². The first-order valence-electron chi connectivity index (χ1n) is 12.2. The highest BCUT2D eigenvalue weighted by molar-refractivity contribution is 5.62. The summed E-state index contributed by atoms with van der Waals surface area (Å²) in [7, 11) is -2.84. The molecule has 22 heavy (non-hydrogen) atoms. The summed E-state index contributed by atoms with van der Waals surface area (Å²) in [4.78, 5) is 0.839. The molecule has 1 N–H and O–H groups in total. The molecule has 116 valence electrons. The Balaban J connectivity index is 1.87. The molecule has 2 unspecified atom stereocenters. The van der Waals surface area contributed by atoms with Crippen LogP contribution in [-0.2, 0) is 11.8 Å². The molecule has 2 aliphatic heterocycles. The standard InChI is InChI=1S/C18H21NO3/c1-19-8-7-18-11-4-5-13(20)17(18)22-16-14(21-2)6-3-10(15(16)18)9-12(11)19/h3-6,11-13,17,20H,7-9H2,1-2H3/t11-,12+,13?,17?,18-/m0/s1/i1D3,2D3,9D2,12D,17D. The minimum absolute atomic E-state index is 0.0190. The van der Waals surface area contributed by atoms with Gasteiger partial charge in [-0.1, -0.05) is 18.2 Å². The number of nitrogens with zero attached hydrogens (tertiary/aromatic N) is 1. The lowest BCUT2D eigenvalue weighted by atomic mass is 9.53. The summed E-state index contributed by atoms with van der Waals surface area (Å²) in [5.74, 6) is -1.55. The maximum absolute atomic E-state index is 10.8. The second-order valence-electron chi connectivity index (χ2n) is 6.07. The fraction of sp³-hybridized carbons (Fsp3) is 0.556. The topological polar surface area (TPSA) is 41.9 Å². The quantitative estimate of drug-likeness (QED) is 0.798. The predicted octanol–water partition coefficient (Wildman–Crippen LogP) is 1.50. The number of likely N-dealkylation sites (N-methyl/N-ethyl adjacent to an activating group) is 1. The Hall–Kier alpha value is -1.52. The summed E-state index contributed by atoms with van der Waals surface area (Å²) in [6.45, 7) is -3.03. The predicted molar refractivity (Wildman–Crippen MR) is 82.5 cm³/mol. The van der Waals surface area contributed by atoms with Crippen molar-refractivity contribution in [2.75, 3.05) is 20.6 Å². The highest BCUT2D eigenvalue weighted by Gasteiger charge is 2.64. The number of rotatable bonds is 1. The van der Waals surface area contributed by atoms with Gasteiger partial charge in [-0.05, 0) is 37.9 Å². The van der Waals surface area contributed by atoms with Gasteiger partial charge in [-0.2, -0.15) is 0 Å². The third-order valence-electron chi connectivity index (χ3n) is 5.19. The van der Waals surface area contributed by atoms with E-state index in [1.807, 2.05) is 0 Å². The lowest BCUT2D eigenvalue weighted by Gasteiger charge is -2.56. The van der Waals surface area contributed by atoms with E-state index in [0.717, 1.165) is 4.90 Å². The average Bonchev–Trinajstić information content (AvgIpc) is 2.90. The molecule has 2 heterocycles. The minimum atomic E-state index is -2.84. The van der Waals surface area contributed by atoms with Gasteiger partial charge in [-0.3, -0.25) is 0 Å². The monoisotopic (exact) mass is 309 g/mol. The molecular weight excluding hydrogens is 278 g/mol. The Morgan fingerprint density at radius 1 is 1.55 bits per heavy atom. The molecular formula is C18H21NO3. The molecule has 0 radical (unpaired) electrons. The number of benzene rings is 1. The van der Waals surface area contributed by atoms with Gasteiger partial charge in [0.05, 0.1) is 12.5 Å². The van der Waals surface area contributed by atoms with Crippen LogP contribution in [0.15, 0.2) is 24.3 Å². The number of aliphatic hydroxyl groups excluding tert-OH is 1. The highest BCUT2D eigenvalue weighted by Crippen LogP contribution is 2.62. The van der Waals surface area contributed by atoms with E-state index in [4.69, 9.17) is 21.8 Å². The van der Waals surface area contributed by atoms with Crippen molar-refractivity contribution in [1.82, 2.24) is 4.90 Å². The van der Waals surface area contributed by atoms with Crippen molar-refractivity contribution in [3.05, 3.63) is 35.4 Å². The van der Waals surface area contributed by atoms with Crippen molar-refractivity contribution in [2.45, 2.75) is 36.4 Å². The maximum Gasteiger partial charge on any atom is 0.165 e. The van der Waals surface area contributed by atoms with E-state index in [2.05, 4.69) is 0 Å². The molecule has 0 aromatic heterocycles. The van der Waals surface area contributed by atoms with Gasteiger partial charge in [0.25, 0.3) is 0 Å². The van der Waals surface area contributed by atoms with E-state index >= 15 is 0 Å². The molecule has 0 amide bonds. The van der Waals surface area contributed by atoms with Gasteiger partial charge in [0.15, 0.2) is 11.5 Å². The Kier molecular flexibility index (Phi) is 1.21. The van der Waals surface area contributed by atoms with Gasteiger partial charge in [0.2, 0.25) is 0 Å². The molecule has 0 saturated carbocycles. The highest BCUT2D eigenvalue weighted by atomic mass is 16.5. The third kappa shape index (κ3) is 1.28. The SMILES string of the molecule is [2H]C([2H])([2H])Oc1ccc2c3c1OC1([2H])C(O)C=C[C@@H]4[C@@]31CCN(C([2H])([2H])[2H])[C@]4([2H])C2([2H])[2H]. The third-order valence-corrected chi connectivity index (χ3v) is 5.19. The molecule has 5 atom stereocenters. The molecule has 2 bridgehead atoms. The fourth-order valence-corrected chi connectivity index (χ4v) is 4.31. The molecule has 5 rings (SSSR count). The Morgan fingerprint density at radius 2 is 2.50 bits per heavy atom. The smallest absolute Gasteiger partial charge is 0.165 e. The zero-order valence-corrected chi connectivity index (χ0v) is 11.6. The zero-order chi connectivity index (χ0) is 23.7. The van der Waals surface area contributed by atoms with Gasteiger partial charge in [-0.25, -0.2) is 0 Å². The van der Waals surface area contributed by atoms with Crippen LogP contribution in [0.5, 0.6) is 11.5 Å². The van der Waals surface area contributed by atoms with Crippen LogP contribution in [0.4, 0.5) is 0 Å². The lowest BCUT2D eigenvalue weighted by Crippen LogP contribution is -2.64. The molecule has 1 saturated heterocycles. The van der Waals surface area contributed by atoms with E-state index in [-0.39, 0.29) is 35.6 Å². The summed E-state index contributed by atoms with van der Waals surface area (Å²) in [5.41, 5.74) is -1.38. The first kappa shape index (κ1) is 6.54. The first-order valence-corrected chi connectivity index (χ1v) is 7.22. The van der Waals surface area contributed by atoms with Crippen LogP contribution < -0.4 is 9.47 Å². The maximum atomic E-state index is 10.8. The van der Waals surface area contributed by atoms with Crippen LogP contribution in [-0.4, -0.2) is 48.8 Å². The van der Waals surface area contributed by atoms with Gasteiger partial charge < -0.3 is 19.5 Å². The Morgan fingerprint density at radius 3 is 3.36 bits per heavy atom. The van der Waals surface area contributed by atoms with Crippen LogP contribution >= 0.6 is 0 Å². The molecule has 2 aliphatic carbocycles. The molecule has 1 fully saturated rings. The summed E-state index contributed by atoms with van der Waals surface area (Å²) in [6.07, 6.45) is -3.54. The molecule has 4 aliphatic rings. The zero-order valence-electron chi connectivity index (χ0n) is 21.6. The van der Waals surface area contributed by atoms with Crippen molar-refractivity contribution in [1.29, 1.82) is 0 Å². The number of hydrogen-bond acceptors (Lipinski definition) is 4. The van der Waals surface area contributed by atoms with Crippen molar-refractivity contribution in [3.8, 4) is 11.5 Å². The summed E-state index contributed by atoms with van der Waals surface area (Å²) in [5, 5.41) is 10.8. The van der Waals surface area contributed by atoms with E-state index in [1.54, 1.807) is 0 Å². The van der Waals surface area contributed by atoms with E-state index < -0.39 is 49.9 Å². The van der Waals surface area contributed by atoms with E-state index in [1.165, 1.54) is 24.3 Å². The normalized spacial score (nSPS) is 57.9. The minimum Gasteiger partial charge on any atom is -0.493 e. The first-order chi connectivity index (χ1) is 14.5. The van der Waals surface area contributed by atoms with Gasteiger partial charge in [0.1, 0.15) is 12.2 Å². The molecule has 4 heteroatoms. The van der Waals surface area contributed by atoms with E-state index in [9.17, 15) is 6.48 Å². The fourth-order valence-electron chi connectivity index (χ4n) is 4.31. The summed E-state index contributed by atoms with van der Waals surface area (Å²) in [6, 6.07) is 0.113. The van der Waals surface area contributed by atoms with Crippen LogP contribution in [0.25, 0.3) is 0 Å². The average molecular weight is 309 g/mol. The van der Waals surface area contributed by atoms with Gasteiger partial charge in [-0.15, -0.1) is 0 Å². The lowest BCUT2D eigenvalue weighted by molar-refractivity contribution is -0.0453. The van der Waals surface area contributed by atoms with Crippen molar-refractivity contribution >= 4 is 0 Å². The second-order valence-corrected chi connectivity index (χ2v) is 6.07. The largest absolute Gasteiger partial charge is 0.493 e. The number of likely N-dealkylation sites (tertiary alicyclic amines) is 1. The molecule has 1 aromatic carbocycles. The van der Waals surface area contributed by atoms with Crippen molar-refractivity contribution in [3.63, 3.8) is 0 Å². The Labute approximate surface area is 144 Å². The number of methoxy groups -OCH3 is 1. The Bertz CT molecular complexity index is 1040.